The molecular weight excluding hydrogens is 334 g/mol. The topological polar surface area (TPSA) is 69.9 Å². The highest BCUT2D eigenvalue weighted by atomic mass is 16.5. The van der Waals surface area contributed by atoms with Crippen molar-refractivity contribution in [3.05, 3.63) is 53.4 Å². The summed E-state index contributed by atoms with van der Waals surface area (Å²) >= 11 is 0. The Morgan fingerprint density at radius 1 is 1.31 bits per heavy atom. The van der Waals surface area contributed by atoms with E-state index in [4.69, 9.17) is 19.3 Å². The minimum Gasteiger partial charge on any atom is -0.497 e. The van der Waals surface area contributed by atoms with Gasteiger partial charge in [0.15, 0.2) is 0 Å². The Balaban J connectivity index is 2.12. The molecule has 26 heavy (non-hydrogen) atoms. The molecule has 1 N–H and O–H groups in total. The number of hydrogen-bond acceptors (Lipinski definition) is 5. The number of nitrogens with zero attached hydrogens (tertiary/aromatic N) is 1. The Hall–Kier alpha value is -2.73. The monoisotopic (exact) mass is 359 g/mol. The number of esters is 1. The first kappa shape index (κ1) is 19.6. The maximum absolute atomic E-state index is 11.9. The average molecular weight is 359 g/mol. The molecule has 0 amide bonds. The molecule has 2 rings (SSSR count). The quantitative estimate of drug-likeness (QED) is 0.697. The fourth-order valence-corrected chi connectivity index (χ4v) is 2.55. The highest BCUT2D eigenvalue weighted by molar-refractivity contribution is 5.88. The molecule has 6 heteroatoms. The van der Waals surface area contributed by atoms with E-state index in [-0.39, 0.29) is 19.2 Å². The van der Waals surface area contributed by atoms with E-state index in [0.29, 0.717) is 24.5 Å². The van der Waals surface area contributed by atoms with E-state index in [0.717, 1.165) is 16.9 Å². The third kappa shape index (κ3) is 5.13. The predicted octanol–water partition coefficient (Wildman–Crippen LogP) is 2.84. The summed E-state index contributed by atoms with van der Waals surface area (Å²) in [6.07, 6.45) is 6.43. The van der Waals surface area contributed by atoms with Crippen LogP contribution in [0.2, 0.25) is 0 Å². The van der Waals surface area contributed by atoms with Crippen molar-refractivity contribution < 1.29 is 24.1 Å². The number of carbonyl (C=O) groups excluding carboxylic acids is 1. The summed E-state index contributed by atoms with van der Waals surface area (Å²) in [5, 5.41) is 8.95. The van der Waals surface area contributed by atoms with Crippen LogP contribution in [-0.2, 0) is 18.2 Å². The van der Waals surface area contributed by atoms with Crippen LogP contribution in [0.25, 0.3) is 6.08 Å². The summed E-state index contributed by atoms with van der Waals surface area (Å²) < 4.78 is 17.6. The van der Waals surface area contributed by atoms with Gasteiger partial charge in [-0.3, -0.25) is 0 Å². The zero-order valence-corrected chi connectivity index (χ0v) is 15.4. The molecule has 0 radical (unpaired) electrons. The number of benzene rings is 1. The third-order valence-corrected chi connectivity index (χ3v) is 3.78. The van der Waals surface area contributed by atoms with Gasteiger partial charge in [-0.15, -0.1) is 0 Å². The van der Waals surface area contributed by atoms with Gasteiger partial charge in [-0.05, 0) is 43.2 Å². The van der Waals surface area contributed by atoms with E-state index >= 15 is 0 Å². The second kappa shape index (κ2) is 9.68. The van der Waals surface area contributed by atoms with Gasteiger partial charge in [0.25, 0.3) is 0 Å². The highest BCUT2D eigenvalue weighted by Crippen LogP contribution is 2.25. The van der Waals surface area contributed by atoms with Crippen LogP contribution in [0.1, 0.15) is 28.5 Å². The number of aromatic nitrogens is 1. The molecule has 6 nitrogen and oxygen atoms in total. The molecule has 0 aliphatic rings. The molecule has 0 fully saturated rings. The summed E-state index contributed by atoms with van der Waals surface area (Å²) in [4.78, 5) is 11.9. The fraction of sp³-hybridized carbons (Fsp3) is 0.350. The SMILES string of the molecule is CCOC(=O)c1cc(C=CCc2cc(OC)ccc2OCCO)cn1C. The van der Waals surface area contributed by atoms with Crippen LogP contribution in [0, 0.1) is 0 Å². The predicted molar refractivity (Wildman–Crippen MR) is 99.7 cm³/mol. The molecule has 140 valence electrons. The van der Waals surface area contributed by atoms with Crippen LogP contribution < -0.4 is 9.47 Å². The average Bonchev–Trinajstić information content (AvgIpc) is 3.01. The summed E-state index contributed by atoms with van der Waals surface area (Å²) in [6.45, 7) is 2.33. The lowest BCUT2D eigenvalue weighted by molar-refractivity contribution is 0.0515. The summed E-state index contributed by atoms with van der Waals surface area (Å²) in [5.74, 6) is 1.13. The zero-order chi connectivity index (χ0) is 18.9. The molecule has 2 aromatic rings. The van der Waals surface area contributed by atoms with E-state index in [1.807, 2.05) is 43.6 Å². The summed E-state index contributed by atoms with van der Waals surface area (Å²) in [5.41, 5.74) is 2.38. The number of carbonyl (C=O) groups is 1. The normalized spacial score (nSPS) is 10.9. The zero-order valence-electron chi connectivity index (χ0n) is 15.4. The minimum atomic E-state index is -0.331. The van der Waals surface area contributed by atoms with Gasteiger partial charge in [-0.2, -0.15) is 0 Å². The maximum Gasteiger partial charge on any atom is 0.354 e. The van der Waals surface area contributed by atoms with Gasteiger partial charge < -0.3 is 23.9 Å². The molecule has 1 aromatic carbocycles. The second-order valence-electron chi connectivity index (χ2n) is 5.64. The minimum absolute atomic E-state index is 0.0397. The van der Waals surface area contributed by atoms with Crippen molar-refractivity contribution in [1.29, 1.82) is 0 Å². The van der Waals surface area contributed by atoms with E-state index in [1.165, 1.54) is 0 Å². The lowest BCUT2D eigenvalue weighted by Gasteiger charge is -2.11. The van der Waals surface area contributed by atoms with Crippen molar-refractivity contribution in [3.63, 3.8) is 0 Å². The van der Waals surface area contributed by atoms with Crippen molar-refractivity contribution in [1.82, 2.24) is 4.57 Å². The summed E-state index contributed by atoms with van der Waals surface area (Å²) in [7, 11) is 3.43. The van der Waals surface area contributed by atoms with Gasteiger partial charge in [0.05, 0.1) is 20.3 Å². The van der Waals surface area contributed by atoms with Gasteiger partial charge in [-0.25, -0.2) is 4.79 Å². The molecule has 0 bridgehead atoms. The van der Waals surface area contributed by atoms with Gasteiger partial charge >= 0.3 is 5.97 Å². The third-order valence-electron chi connectivity index (χ3n) is 3.78. The van der Waals surface area contributed by atoms with Crippen LogP contribution in [-0.4, -0.2) is 42.6 Å². The first-order chi connectivity index (χ1) is 12.6. The fourth-order valence-electron chi connectivity index (χ4n) is 2.55. The first-order valence-electron chi connectivity index (χ1n) is 8.49. The van der Waals surface area contributed by atoms with Crippen LogP contribution >= 0.6 is 0 Å². The molecule has 0 unspecified atom stereocenters. The molecule has 0 atom stereocenters. The van der Waals surface area contributed by atoms with Crippen LogP contribution in [0.3, 0.4) is 0 Å². The molecule has 1 aromatic heterocycles. The first-order valence-corrected chi connectivity index (χ1v) is 8.49. The van der Waals surface area contributed by atoms with Crippen LogP contribution in [0.15, 0.2) is 36.5 Å². The number of methoxy groups -OCH3 is 1. The Labute approximate surface area is 153 Å². The Morgan fingerprint density at radius 2 is 2.12 bits per heavy atom. The Morgan fingerprint density at radius 3 is 2.81 bits per heavy atom. The molecule has 0 spiro atoms. The number of aryl methyl sites for hydroxylation is 1. The van der Waals surface area contributed by atoms with Crippen molar-refractivity contribution in [3.8, 4) is 11.5 Å². The second-order valence-corrected chi connectivity index (χ2v) is 5.64. The van der Waals surface area contributed by atoms with Gasteiger partial charge in [-0.1, -0.05) is 12.2 Å². The van der Waals surface area contributed by atoms with E-state index in [2.05, 4.69) is 0 Å². The number of ether oxygens (including phenoxy) is 3. The molecule has 1 heterocycles. The lowest BCUT2D eigenvalue weighted by atomic mass is 10.1. The standard InChI is InChI=1S/C20H25NO5/c1-4-25-20(23)18-12-15(14-21(18)2)6-5-7-16-13-17(24-3)8-9-19(16)26-11-10-22/h5-6,8-9,12-14,22H,4,7,10-11H2,1-3H3. The Kier molecular flexibility index (Phi) is 7.29. The smallest absolute Gasteiger partial charge is 0.354 e. The van der Waals surface area contributed by atoms with E-state index < -0.39 is 0 Å². The van der Waals surface area contributed by atoms with Gasteiger partial charge in [0.2, 0.25) is 0 Å². The molecule has 0 aliphatic carbocycles. The number of rotatable bonds is 9. The highest BCUT2D eigenvalue weighted by Gasteiger charge is 2.11. The van der Waals surface area contributed by atoms with Crippen LogP contribution in [0.4, 0.5) is 0 Å². The van der Waals surface area contributed by atoms with Crippen molar-refractivity contribution in [2.24, 2.45) is 7.05 Å². The maximum atomic E-state index is 11.9. The number of aliphatic hydroxyl groups excluding tert-OH is 1. The molecular formula is C20H25NO5. The number of allylic oxidation sites excluding steroid dienone is 1. The molecule has 0 saturated heterocycles. The molecule has 0 aliphatic heterocycles. The lowest BCUT2D eigenvalue weighted by Crippen LogP contribution is -2.08. The molecule has 0 saturated carbocycles. The number of aliphatic hydroxyl groups is 1. The number of hydrogen-bond donors (Lipinski definition) is 1. The van der Waals surface area contributed by atoms with Crippen molar-refractivity contribution >= 4 is 12.0 Å². The van der Waals surface area contributed by atoms with Crippen LogP contribution in [0.5, 0.6) is 11.5 Å². The largest absolute Gasteiger partial charge is 0.497 e. The summed E-state index contributed by atoms with van der Waals surface area (Å²) in [6, 6.07) is 7.36. The Bertz CT molecular complexity index is 764. The van der Waals surface area contributed by atoms with Gasteiger partial charge in [0, 0.05) is 18.8 Å². The van der Waals surface area contributed by atoms with E-state index in [1.54, 1.807) is 24.7 Å². The van der Waals surface area contributed by atoms with Gasteiger partial charge in [0.1, 0.15) is 23.8 Å². The van der Waals surface area contributed by atoms with Crippen molar-refractivity contribution in [2.75, 3.05) is 26.9 Å². The van der Waals surface area contributed by atoms with E-state index in [9.17, 15) is 4.79 Å². The van der Waals surface area contributed by atoms with Crippen molar-refractivity contribution in [2.45, 2.75) is 13.3 Å².